The number of nitro benzene ring substituents is 1. The number of benzene rings is 3. The first-order valence-electron chi connectivity index (χ1n) is 9.54. The van der Waals surface area contributed by atoms with Crippen LogP contribution < -0.4 is 5.56 Å². The van der Waals surface area contributed by atoms with Crippen LogP contribution in [0.25, 0.3) is 27.7 Å². The first-order valence-corrected chi connectivity index (χ1v) is 9.54. The van der Waals surface area contributed by atoms with Gasteiger partial charge < -0.3 is 4.74 Å². The van der Waals surface area contributed by atoms with Gasteiger partial charge in [-0.15, -0.1) is 0 Å². The van der Waals surface area contributed by atoms with Gasteiger partial charge in [0.15, 0.2) is 0 Å². The molecule has 0 fully saturated rings. The maximum Gasteiger partial charge on any atom is 0.338 e. The maximum absolute atomic E-state index is 13.3. The predicted molar refractivity (Wildman–Crippen MR) is 115 cm³/mol. The molecule has 0 aliphatic rings. The number of nitrogens with zero attached hydrogens (tertiary/aromatic N) is 3. The SMILES string of the molecule is CCOC(=O)c1ccc([N+](=O)[O-])c(-n2nc(-c3ccccc3)c3ccccc3c2=O)c1. The number of carbonyl (C=O) groups excluding carboxylic acids is 1. The van der Waals surface area contributed by atoms with Crippen LogP contribution in [0.1, 0.15) is 17.3 Å². The Morgan fingerprint density at radius 2 is 1.71 bits per heavy atom. The highest BCUT2D eigenvalue weighted by molar-refractivity contribution is 5.94. The molecule has 0 radical (unpaired) electrons. The largest absolute Gasteiger partial charge is 0.462 e. The van der Waals surface area contributed by atoms with E-state index in [1.807, 2.05) is 30.3 Å². The Hall–Kier alpha value is -4.33. The Labute approximate surface area is 176 Å². The Balaban J connectivity index is 2.06. The van der Waals surface area contributed by atoms with Crippen LogP contribution in [0.4, 0.5) is 5.69 Å². The molecule has 0 unspecified atom stereocenters. The third-order valence-corrected chi connectivity index (χ3v) is 4.76. The summed E-state index contributed by atoms with van der Waals surface area (Å²) >= 11 is 0. The number of carbonyl (C=O) groups is 1. The predicted octanol–water partition coefficient (Wildman–Crippen LogP) is 4.14. The number of hydrogen-bond acceptors (Lipinski definition) is 6. The number of esters is 1. The van der Waals surface area contributed by atoms with Gasteiger partial charge in [-0.1, -0.05) is 48.5 Å². The van der Waals surface area contributed by atoms with Gasteiger partial charge in [-0.05, 0) is 25.1 Å². The highest BCUT2D eigenvalue weighted by atomic mass is 16.6. The molecule has 1 heterocycles. The van der Waals surface area contributed by atoms with Crippen LogP contribution in [0.3, 0.4) is 0 Å². The average Bonchev–Trinajstić information content (AvgIpc) is 2.80. The van der Waals surface area contributed by atoms with E-state index >= 15 is 0 Å². The summed E-state index contributed by atoms with van der Waals surface area (Å²) in [6.07, 6.45) is 0. The van der Waals surface area contributed by atoms with Gasteiger partial charge in [0, 0.05) is 17.0 Å². The summed E-state index contributed by atoms with van der Waals surface area (Å²) in [5.41, 5.74) is 0.341. The number of aromatic nitrogens is 2. The molecule has 4 aromatic rings. The molecule has 0 spiro atoms. The van der Waals surface area contributed by atoms with Gasteiger partial charge in [-0.3, -0.25) is 14.9 Å². The molecule has 1 aromatic heterocycles. The molecule has 154 valence electrons. The fourth-order valence-corrected chi connectivity index (χ4v) is 3.35. The van der Waals surface area contributed by atoms with Gasteiger partial charge in [-0.2, -0.15) is 9.78 Å². The van der Waals surface area contributed by atoms with Gasteiger partial charge in [-0.25, -0.2) is 4.79 Å². The first-order chi connectivity index (χ1) is 15.0. The molecule has 0 aliphatic heterocycles. The van der Waals surface area contributed by atoms with E-state index in [1.54, 1.807) is 31.2 Å². The Kier molecular flexibility index (Phi) is 5.28. The summed E-state index contributed by atoms with van der Waals surface area (Å²) in [6.45, 7) is 1.81. The molecule has 0 aliphatic carbocycles. The first kappa shape index (κ1) is 20.0. The molecule has 31 heavy (non-hydrogen) atoms. The zero-order valence-electron chi connectivity index (χ0n) is 16.5. The molecule has 0 saturated heterocycles. The quantitative estimate of drug-likeness (QED) is 0.276. The average molecular weight is 415 g/mol. The van der Waals surface area contributed by atoms with E-state index in [9.17, 15) is 19.7 Å². The molecule has 0 bridgehead atoms. The summed E-state index contributed by atoms with van der Waals surface area (Å²) in [6, 6.07) is 19.9. The fourth-order valence-electron chi connectivity index (χ4n) is 3.35. The normalized spacial score (nSPS) is 10.7. The summed E-state index contributed by atoms with van der Waals surface area (Å²) in [5.74, 6) is -0.643. The number of nitro groups is 1. The molecule has 0 saturated carbocycles. The van der Waals surface area contributed by atoms with Crippen molar-refractivity contribution in [3.8, 4) is 16.9 Å². The molecule has 8 nitrogen and oxygen atoms in total. The van der Waals surface area contributed by atoms with Crippen molar-refractivity contribution in [2.75, 3.05) is 6.61 Å². The molecule has 0 N–H and O–H groups in total. The molecular formula is C23H17N3O5. The highest BCUT2D eigenvalue weighted by Gasteiger charge is 2.22. The van der Waals surface area contributed by atoms with E-state index in [1.165, 1.54) is 18.2 Å². The minimum Gasteiger partial charge on any atom is -0.462 e. The zero-order chi connectivity index (χ0) is 22.0. The number of fused-ring (bicyclic) bond motifs is 1. The van der Waals surface area contributed by atoms with Crippen LogP contribution in [0.5, 0.6) is 0 Å². The minimum absolute atomic E-state index is 0.0885. The van der Waals surface area contributed by atoms with Gasteiger partial charge >= 0.3 is 5.97 Å². The Morgan fingerprint density at radius 3 is 2.39 bits per heavy atom. The van der Waals surface area contributed by atoms with Gasteiger partial charge in [0.05, 0.1) is 28.2 Å². The van der Waals surface area contributed by atoms with Gasteiger partial charge in [0.25, 0.3) is 11.2 Å². The van der Waals surface area contributed by atoms with Crippen molar-refractivity contribution in [1.82, 2.24) is 9.78 Å². The smallest absolute Gasteiger partial charge is 0.338 e. The molecule has 0 atom stereocenters. The number of ether oxygens (including phenoxy) is 1. The third kappa shape index (κ3) is 3.66. The van der Waals surface area contributed by atoms with Crippen molar-refractivity contribution in [3.05, 3.63) is 98.8 Å². The lowest BCUT2D eigenvalue weighted by Crippen LogP contribution is -2.23. The van der Waals surface area contributed by atoms with Crippen molar-refractivity contribution in [1.29, 1.82) is 0 Å². The molecule has 4 rings (SSSR count). The van der Waals surface area contributed by atoms with Crippen LogP contribution in [0.2, 0.25) is 0 Å². The maximum atomic E-state index is 13.3. The van der Waals surface area contributed by atoms with E-state index in [2.05, 4.69) is 5.10 Å². The van der Waals surface area contributed by atoms with E-state index < -0.39 is 16.5 Å². The van der Waals surface area contributed by atoms with Crippen molar-refractivity contribution in [3.63, 3.8) is 0 Å². The summed E-state index contributed by atoms with van der Waals surface area (Å²) < 4.78 is 5.97. The van der Waals surface area contributed by atoms with Crippen molar-refractivity contribution in [2.24, 2.45) is 0 Å². The van der Waals surface area contributed by atoms with E-state index in [0.717, 1.165) is 10.2 Å². The summed E-state index contributed by atoms with van der Waals surface area (Å²) in [7, 11) is 0. The third-order valence-electron chi connectivity index (χ3n) is 4.76. The Bertz CT molecular complexity index is 1360. The van der Waals surface area contributed by atoms with Crippen molar-refractivity contribution in [2.45, 2.75) is 6.92 Å². The van der Waals surface area contributed by atoms with Crippen LogP contribution in [-0.2, 0) is 4.74 Å². The molecule has 0 amide bonds. The van der Waals surface area contributed by atoms with Gasteiger partial charge in [0.1, 0.15) is 5.69 Å². The van der Waals surface area contributed by atoms with Crippen LogP contribution in [0, 0.1) is 10.1 Å². The number of rotatable bonds is 5. The standard InChI is InChI=1S/C23H17N3O5/c1-2-31-23(28)16-12-13-19(26(29)30)20(14-16)25-22(27)18-11-7-6-10-17(18)21(24-25)15-8-4-3-5-9-15/h3-14H,2H2,1H3. The summed E-state index contributed by atoms with van der Waals surface area (Å²) in [4.78, 5) is 36.5. The number of hydrogen-bond donors (Lipinski definition) is 0. The topological polar surface area (TPSA) is 104 Å². The van der Waals surface area contributed by atoms with Crippen molar-refractivity contribution >= 4 is 22.4 Å². The second-order valence-electron chi connectivity index (χ2n) is 6.66. The Morgan fingerprint density at radius 1 is 1.03 bits per heavy atom. The lowest BCUT2D eigenvalue weighted by Gasteiger charge is -2.12. The second-order valence-corrected chi connectivity index (χ2v) is 6.66. The lowest BCUT2D eigenvalue weighted by atomic mass is 10.0. The monoisotopic (exact) mass is 415 g/mol. The van der Waals surface area contributed by atoms with Crippen molar-refractivity contribution < 1.29 is 14.5 Å². The molecule has 3 aromatic carbocycles. The van der Waals surface area contributed by atoms with Gasteiger partial charge in [0.2, 0.25) is 0 Å². The van der Waals surface area contributed by atoms with Crippen LogP contribution in [-0.4, -0.2) is 27.3 Å². The lowest BCUT2D eigenvalue weighted by molar-refractivity contribution is -0.384. The molecule has 8 heteroatoms. The minimum atomic E-state index is -0.643. The van der Waals surface area contributed by atoms with Crippen LogP contribution >= 0.6 is 0 Å². The highest BCUT2D eigenvalue weighted by Crippen LogP contribution is 2.28. The van der Waals surface area contributed by atoms with E-state index in [-0.39, 0.29) is 23.5 Å². The summed E-state index contributed by atoms with van der Waals surface area (Å²) in [5, 5.41) is 17.1. The van der Waals surface area contributed by atoms with Crippen LogP contribution in [0.15, 0.2) is 77.6 Å². The second kappa shape index (κ2) is 8.19. The van der Waals surface area contributed by atoms with E-state index in [0.29, 0.717) is 16.5 Å². The zero-order valence-corrected chi connectivity index (χ0v) is 16.5. The molecular weight excluding hydrogens is 398 g/mol. The fraction of sp³-hybridized carbons (Fsp3) is 0.0870. The van der Waals surface area contributed by atoms with E-state index in [4.69, 9.17) is 4.74 Å².